The van der Waals surface area contributed by atoms with Crippen LogP contribution in [0.15, 0.2) is 30.3 Å². The number of aliphatic carboxylic acids is 1. The SMILES string of the molecule is CNC(=O)C1(C(=O)N2CCC(C(=O)O)(c3ccccc3)CC2)CC1. The first-order chi connectivity index (χ1) is 11.5. The number of carboxylic acid groups (broad SMARTS) is 1. The Morgan fingerprint density at radius 1 is 1.04 bits per heavy atom. The highest BCUT2D eigenvalue weighted by Crippen LogP contribution is 2.48. The van der Waals surface area contributed by atoms with Gasteiger partial charge in [-0.05, 0) is 31.2 Å². The molecule has 0 aromatic heterocycles. The number of carbonyl (C=O) groups excluding carboxylic acids is 2. The second-order valence-electron chi connectivity index (χ2n) is 6.71. The molecule has 2 N–H and O–H groups in total. The molecule has 1 saturated heterocycles. The minimum Gasteiger partial charge on any atom is -0.481 e. The molecule has 3 rings (SSSR count). The van der Waals surface area contributed by atoms with Gasteiger partial charge in [0.25, 0.3) is 0 Å². The first kappa shape index (κ1) is 16.5. The molecule has 128 valence electrons. The number of carbonyl (C=O) groups is 3. The minimum atomic E-state index is -0.957. The molecule has 1 aliphatic heterocycles. The number of nitrogens with zero attached hydrogens (tertiary/aromatic N) is 1. The molecule has 1 heterocycles. The summed E-state index contributed by atoms with van der Waals surface area (Å²) >= 11 is 0. The molecular weight excluding hydrogens is 308 g/mol. The first-order valence-electron chi connectivity index (χ1n) is 8.27. The summed E-state index contributed by atoms with van der Waals surface area (Å²) in [4.78, 5) is 38.3. The van der Waals surface area contributed by atoms with Gasteiger partial charge in [-0.1, -0.05) is 30.3 Å². The number of piperidine rings is 1. The van der Waals surface area contributed by atoms with E-state index in [1.807, 2.05) is 30.3 Å². The maximum Gasteiger partial charge on any atom is 0.314 e. The Labute approximate surface area is 140 Å². The molecule has 2 fully saturated rings. The third kappa shape index (κ3) is 2.46. The zero-order valence-corrected chi connectivity index (χ0v) is 13.7. The lowest BCUT2D eigenvalue weighted by Gasteiger charge is -2.40. The van der Waals surface area contributed by atoms with Crippen molar-refractivity contribution in [3.8, 4) is 0 Å². The van der Waals surface area contributed by atoms with Crippen LogP contribution in [0.1, 0.15) is 31.2 Å². The van der Waals surface area contributed by atoms with Crippen LogP contribution in [0.5, 0.6) is 0 Å². The topological polar surface area (TPSA) is 86.7 Å². The fraction of sp³-hybridized carbons (Fsp3) is 0.500. The van der Waals surface area contributed by atoms with E-state index in [0.717, 1.165) is 5.56 Å². The quantitative estimate of drug-likeness (QED) is 0.811. The Hall–Kier alpha value is -2.37. The van der Waals surface area contributed by atoms with Gasteiger partial charge in [0.1, 0.15) is 5.41 Å². The van der Waals surface area contributed by atoms with E-state index in [-0.39, 0.29) is 11.8 Å². The number of carboxylic acids is 1. The minimum absolute atomic E-state index is 0.158. The Kier molecular flexibility index (Phi) is 4.07. The van der Waals surface area contributed by atoms with Crippen LogP contribution in [-0.4, -0.2) is 47.9 Å². The maximum atomic E-state index is 12.7. The van der Waals surface area contributed by atoms with E-state index < -0.39 is 16.8 Å². The molecule has 6 heteroatoms. The molecule has 0 bridgehead atoms. The van der Waals surface area contributed by atoms with E-state index >= 15 is 0 Å². The highest BCUT2D eigenvalue weighted by Gasteiger charge is 2.58. The standard InChI is InChI=1S/C18H22N2O4/c1-19-14(21)18(7-8-18)15(22)20-11-9-17(10-12-20,16(23)24)13-5-3-2-4-6-13/h2-6H,7-12H2,1H3,(H,19,21)(H,23,24). The molecular formula is C18H22N2O4. The van der Waals surface area contributed by atoms with Crippen LogP contribution >= 0.6 is 0 Å². The average Bonchev–Trinajstić information content (AvgIpc) is 3.43. The van der Waals surface area contributed by atoms with Gasteiger partial charge in [-0.15, -0.1) is 0 Å². The predicted molar refractivity (Wildman–Crippen MR) is 87.3 cm³/mol. The number of nitrogens with one attached hydrogen (secondary N) is 1. The summed E-state index contributed by atoms with van der Waals surface area (Å²) in [6, 6.07) is 9.19. The van der Waals surface area contributed by atoms with Gasteiger partial charge in [-0.3, -0.25) is 14.4 Å². The van der Waals surface area contributed by atoms with Crippen LogP contribution in [0.3, 0.4) is 0 Å². The summed E-state index contributed by atoms with van der Waals surface area (Å²) in [5.41, 5.74) is -1.09. The number of benzene rings is 1. The highest BCUT2D eigenvalue weighted by atomic mass is 16.4. The van der Waals surface area contributed by atoms with Gasteiger partial charge < -0.3 is 15.3 Å². The van der Waals surface area contributed by atoms with E-state index in [4.69, 9.17) is 0 Å². The summed E-state index contributed by atoms with van der Waals surface area (Å²) in [6.45, 7) is 0.720. The Morgan fingerprint density at radius 2 is 1.62 bits per heavy atom. The monoisotopic (exact) mass is 330 g/mol. The van der Waals surface area contributed by atoms with Gasteiger partial charge in [0.2, 0.25) is 11.8 Å². The summed E-state index contributed by atoms with van der Waals surface area (Å²) in [6.07, 6.45) is 1.87. The van der Waals surface area contributed by atoms with Crippen molar-refractivity contribution in [3.05, 3.63) is 35.9 Å². The molecule has 0 unspecified atom stereocenters. The number of hydrogen-bond acceptors (Lipinski definition) is 3. The number of likely N-dealkylation sites (tertiary alicyclic amines) is 1. The van der Waals surface area contributed by atoms with Gasteiger partial charge in [0.15, 0.2) is 0 Å². The van der Waals surface area contributed by atoms with Gasteiger partial charge in [-0.2, -0.15) is 0 Å². The van der Waals surface area contributed by atoms with E-state index in [1.54, 1.807) is 4.90 Å². The molecule has 2 aliphatic rings. The number of hydrogen-bond donors (Lipinski definition) is 2. The maximum absolute atomic E-state index is 12.7. The first-order valence-corrected chi connectivity index (χ1v) is 8.27. The fourth-order valence-corrected chi connectivity index (χ4v) is 3.68. The normalized spacial score (nSPS) is 21.0. The van der Waals surface area contributed by atoms with Gasteiger partial charge in [0, 0.05) is 20.1 Å². The molecule has 24 heavy (non-hydrogen) atoms. The van der Waals surface area contributed by atoms with Crippen LogP contribution in [0, 0.1) is 5.41 Å². The zero-order chi connectivity index (χ0) is 17.4. The smallest absolute Gasteiger partial charge is 0.314 e. The number of rotatable bonds is 4. The zero-order valence-electron chi connectivity index (χ0n) is 13.7. The summed E-state index contributed by atoms with van der Waals surface area (Å²) in [5, 5.41) is 12.4. The molecule has 0 radical (unpaired) electrons. The number of amides is 2. The Morgan fingerprint density at radius 3 is 2.08 bits per heavy atom. The van der Waals surface area contributed by atoms with Crippen LogP contribution in [0.2, 0.25) is 0 Å². The molecule has 1 aromatic carbocycles. The molecule has 2 amide bonds. The molecule has 6 nitrogen and oxygen atoms in total. The fourth-order valence-electron chi connectivity index (χ4n) is 3.68. The van der Waals surface area contributed by atoms with Crippen LogP contribution in [0.4, 0.5) is 0 Å². The van der Waals surface area contributed by atoms with Crippen molar-refractivity contribution in [1.29, 1.82) is 0 Å². The van der Waals surface area contributed by atoms with Crippen molar-refractivity contribution in [2.24, 2.45) is 5.41 Å². The summed E-state index contributed by atoms with van der Waals surface area (Å²) < 4.78 is 0. The van der Waals surface area contributed by atoms with Crippen molar-refractivity contribution in [1.82, 2.24) is 10.2 Å². The lowest BCUT2D eigenvalue weighted by atomic mass is 9.72. The van der Waals surface area contributed by atoms with E-state index in [2.05, 4.69) is 5.32 Å². The van der Waals surface area contributed by atoms with E-state index in [9.17, 15) is 19.5 Å². The van der Waals surface area contributed by atoms with Crippen molar-refractivity contribution < 1.29 is 19.5 Å². The molecule has 0 atom stereocenters. The second-order valence-corrected chi connectivity index (χ2v) is 6.71. The van der Waals surface area contributed by atoms with Gasteiger partial charge in [0.05, 0.1) is 5.41 Å². The third-order valence-electron chi connectivity index (χ3n) is 5.46. The predicted octanol–water partition coefficient (Wildman–Crippen LogP) is 1.16. The third-order valence-corrected chi connectivity index (χ3v) is 5.46. The van der Waals surface area contributed by atoms with Gasteiger partial charge >= 0.3 is 5.97 Å². The van der Waals surface area contributed by atoms with E-state index in [1.165, 1.54) is 7.05 Å². The summed E-state index contributed by atoms with van der Waals surface area (Å²) in [7, 11) is 1.54. The van der Waals surface area contributed by atoms with Crippen LogP contribution in [-0.2, 0) is 19.8 Å². The van der Waals surface area contributed by atoms with Crippen LogP contribution < -0.4 is 5.32 Å². The van der Waals surface area contributed by atoms with Crippen molar-refractivity contribution >= 4 is 17.8 Å². The highest BCUT2D eigenvalue weighted by molar-refractivity contribution is 6.07. The Balaban J connectivity index is 1.76. The molecule has 1 aromatic rings. The van der Waals surface area contributed by atoms with Crippen LogP contribution in [0.25, 0.3) is 0 Å². The average molecular weight is 330 g/mol. The lowest BCUT2D eigenvalue weighted by Crippen LogP contribution is -2.52. The molecule has 1 saturated carbocycles. The van der Waals surface area contributed by atoms with Crippen molar-refractivity contribution in [2.45, 2.75) is 31.1 Å². The molecule has 0 spiro atoms. The van der Waals surface area contributed by atoms with E-state index in [0.29, 0.717) is 38.8 Å². The second kappa shape index (κ2) is 5.92. The molecule has 1 aliphatic carbocycles. The van der Waals surface area contributed by atoms with Crippen molar-refractivity contribution in [2.75, 3.05) is 20.1 Å². The largest absolute Gasteiger partial charge is 0.481 e. The van der Waals surface area contributed by atoms with Gasteiger partial charge in [-0.25, -0.2) is 0 Å². The van der Waals surface area contributed by atoms with Crippen molar-refractivity contribution in [3.63, 3.8) is 0 Å². The Bertz CT molecular complexity index is 659. The lowest BCUT2D eigenvalue weighted by molar-refractivity contribution is -0.151. The summed E-state index contributed by atoms with van der Waals surface area (Å²) in [5.74, 6) is -1.24.